The van der Waals surface area contributed by atoms with Crippen LogP contribution in [0.5, 0.6) is 0 Å². The molecule has 4 aromatic heterocycles. The number of aromatic nitrogens is 5. The molecule has 30 heavy (non-hydrogen) atoms. The van der Waals surface area contributed by atoms with Crippen LogP contribution in [-0.2, 0) is 0 Å². The lowest BCUT2D eigenvalue weighted by atomic mass is 10.0. The van der Waals surface area contributed by atoms with Gasteiger partial charge in [-0.05, 0) is 18.2 Å². The SMILES string of the molecule is Nc1ccc(F)c(C(=O)c2c[nH]c3ncc(-c4cnc(-n5ccnc5)s4)cc23)c1F. The summed E-state index contributed by atoms with van der Waals surface area (Å²) in [5, 5.41) is 1.16. The Kier molecular flexibility index (Phi) is 4.14. The summed E-state index contributed by atoms with van der Waals surface area (Å²) in [6, 6.07) is 3.79. The van der Waals surface area contributed by atoms with Crippen molar-refractivity contribution < 1.29 is 13.6 Å². The molecule has 4 heterocycles. The smallest absolute Gasteiger partial charge is 0.201 e. The van der Waals surface area contributed by atoms with Crippen LogP contribution in [0.25, 0.3) is 26.6 Å². The largest absolute Gasteiger partial charge is 0.396 e. The number of hydrogen-bond acceptors (Lipinski definition) is 6. The Morgan fingerprint density at radius 2 is 2.07 bits per heavy atom. The predicted molar refractivity (Wildman–Crippen MR) is 109 cm³/mol. The second-order valence-corrected chi connectivity index (χ2v) is 7.46. The van der Waals surface area contributed by atoms with Gasteiger partial charge in [0.05, 0.1) is 16.1 Å². The lowest BCUT2D eigenvalue weighted by Crippen LogP contribution is -2.09. The number of nitrogens with two attached hydrogens (primary N) is 1. The zero-order valence-electron chi connectivity index (χ0n) is 15.1. The molecule has 0 aliphatic heterocycles. The molecule has 148 valence electrons. The summed E-state index contributed by atoms with van der Waals surface area (Å²) in [4.78, 5) is 29.3. The normalized spacial score (nSPS) is 11.3. The highest BCUT2D eigenvalue weighted by atomic mass is 32.1. The summed E-state index contributed by atoms with van der Waals surface area (Å²) in [5.74, 6) is -2.87. The number of anilines is 1. The van der Waals surface area contributed by atoms with E-state index in [0.717, 1.165) is 22.1 Å². The van der Waals surface area contributed by atoms with E-state index in [1.807, 2.05) is 0 Å². The van der Waals surface area contributed by atoms with Crippen LogP contribution >= 0.6 is 11.3 Å². The summed E-state index contributed by atoms with van der Waals surface area (Å²) in [5.41, 5.74) is 5.76. The Labute approximate surface area is 171 Å². The molecule has 5 aromatic rings. The van der Waals surface area contributed by atoms with E-state index in [-0.39, 0.29) is 11.3 Å². The van der Waals surface area contributed by atoms with Crippen LogP contribution in [0.3, 0.4) is 0 Å². The van der Waals surface area contributed by atoms with Gasteiger partial charge < -0.3 is 10.7 Å². The lowest BCUT2D eigenvalue weighted by molar-refractivity contribution is 0.103. The first-order valence-electron chi connectivity index (χ1n) is 8.73. The molecule has 5 rings (SSSR count). The zero-order valence-corrected chi connectivity index (χ0v) is 16.0. The number of ketones is 1. The lowest BCUT2D eigenvalue weighted by Gasteiger charge is -2.06. The number of carbonyl (C=O) groups is 1. The van der Waals surface area contributed by atoms with Crippen LogP contribution in [0, 0.1) is 11.6 Å². The first-order valence-corrected chi connectivity index (χ1v) is 9.54. The van der Waals surface area contributed by atoms with Gasteiger partial charge in [-0.3, -0.25) is 9.36 Å². The number of nitrogen functional groups attached to an aromatic ring is 1. The van der Waals surface area contributed by atoms with E-state index >= 15 is 0 Å². The first-order chi connectivity index (χ1) is 14.5. The number of H-pyrrole nitrogens is 1. The van der Waals surface area contributed by atoms with Gasteiger partial charge in [0.1, 0.15) is 17.8 Å². The zero-order chi connectivity index (χ0) is 20.8. The fraction of sp³-hybridized carbons (Fsp3) is 0. The molecule has 7 nitrogen and oxygen atoms in total. The maximum Gasteiger partial charge on any atom is 0.201 e. The Morgan fingerprint density at radius 1 is 1.20 bits per heavy atom. The molecule has 0 amide bonds. The minimum absolute atomic E-state index is 0.0992. The second kappa shape index (κ2) is 6.85. The van der Waals surface area contributed by atoms with E-state index in [0.29, 0.717) is 16.6 Å². The van der Waals surface area contributed by atoms with Crippen LogP contribution in [-0.4, -0.2) is 30.3 Å². The molecule has 0 unspecified atom stereocenters. The number of thiazole rings is 1. The number of halogens is 2. The number of imidazole rings is 1. The highest BCUT2D eigenvalue weighted by Crippen LogP contribution is 2.31. The van der Waals surface area contributed by atoms with Crippen molar-refractivity contribution in [1.29, 1.82) is 0 Å². The number of pyridine rings is 1. The third kappa shape index (κ3) is 2.85. The van der Waals surface area contributed by atoms with Gasteiger partial charge in [0.25, 0.3) is 0 Å². The van der Waals surface area contributed by atoms with Gasteiger partial charge in [-0.25, -0.2) is 23.7 Å². The van der Waals surface area contributed by atoms with Crippen molar-refractivity contribution in [2.24, 2.45) is 0 Å². The maximum absolute atomic E-state index is 14.4. The molecule has 1 aromatic carbocycles. The quantitative estimate of drug-likeness (QED) is 0.337. The Bertz CT molecular complexity index is 1410. The Balaban J connectivity index is 1.59. The maximum atomic E-state index is 14.4. The van der Waals surface area contributed by atoms with E-state index < -0.39 is 23.0 Å². The van der Waals surface area contributed by atoms with Crippen LogP contribution < -0.4 is 5.73 Å². The van der Waals surface area contributed by atoms with Crippen LogP contribution in [0.15, 0.2) is 55.5 Å². The summed E-state index contributed by atoms with van der Waals surface area (Å²) in [6.45, 7) is 0. The molecule has 0 saturated heterocycles. The van der Waals surface area contributed by atoms with E-state index in [1.54, 1.807) is 41.7 Å². The van der Waals surface area contributed by atoms with Crippen molar-refractivity contribution in [3.63, 3.8) is 0 Å². The second-order valence-electron chi connectivity index (χ2n) is 6.45. The number of nitrogens with zero attached hydrogens (tertiary/aromatic N) is 4. The highest BCUT2D eigenvalue weighted by molar-refractivity contribution is 7.17. The molecule has 10 heteroatoms. The number of aromatic amines is 1. The summed E-state index contributed by atoms with van der Waals surface area (Å²) < 4.78 is 30.3. The van der Waals surface area contributed by atoms with E-state index in [4.69, 9.17) is 5.73 Å². The van der Waals surface area contributed by atoms with Gasteiger partial charge in [0.2, 0.25) is 5.78 Å². The third-order valence-electron chi connectivity index (χ3n) is 4.63. The topological polar surface area (TPSA) is 102 Å². The van der Waals surface area contributed by atoms with Crippen molar-refractivity contribution in [3.05, 3.63) is 78.3 Å². The van der Waals surface area contributed by atoms with Gasteiger partial charge in [-0.15, -0.1) is 0 Å². The summed E-state index contributed by atoms with van der Waals surface area (Å²) >= 11 is 1.41. The fourth-order valence-corrected chi connectivity index (χ4v) is 3.98. The minimum Gasteiger partial charge on any atom is -0.396 e. The first kappa shape index (κ1) is 18.1. The molecular formula is C20H12F2N6OS. The molecule has 0 atom stereocenters. The molecule has 0 radical (unpaired) electrons. The molecule has 0 saturated carbocycles. The molecule has 3 N–H and O–H groups in total. The van der Waals surface area contributed by atoms with Crippen LogP contribution in [0.4, 0.5) is 14.5 Å². The number of benzene rings is 1. The van der Waals surface area contributed by atoms with E-state index in [2.05, 4.69) is 19.9 Å². The number of hydrogen-bond donors (Lipinski definition) is 2. The fourth-order valence-electron chi connectivity index (χ4n) is 3.13. The molecule has 0 aliphatic carbocycles. The van der Waals surface area contributed by atoms with E-state index in [9.17, 15) is 13.6 Å². The standard InChI is InChI=1S/C20H12F2N6OS/c21-13-1-2-14(23)17(22)16(13)18(29)12-7-26-19-11(12)5-10(6-25-19)15-8-27-20(30-15)28-4-3-24-9-28/h1-9H,23H2,(H,25,26). The molecule has 0 fully saturated rings. The number of rotatable bonds is 4. The van der Waals surface area contributed by atoms with Gasteiger partial charge >= 0.3 is 0 Å². The van der Waals surface area contributed by atoms with Crippen LogP contribution in [0.1, 0.15) is 15.9 Å². The van der Waals surface area contributed by atoms with Gasteiger partial charge in [0.15, 0.2) is 10.9 Å². The predicted octanol–water partition coefficient (Wildman–Crippen LogP) is 3.96. The van der Waals surface area contributed by atoms with Crippen molar-refractivity contribution in [1.82, 2.24) is 24.5 Å². The number of carbonyl (C=O) groups excluding carboxylic acids is 1. The Morgan fingerprint density at radius 3 is 2.87 bits per heavy atom. The van der Waals surface area contributed by atoms with Crippen molar-refractivity contribution in [3.8, 4) is 15.6 Å². The number of nitrogens with one attached hydrogen (secondary N) is 1. The van der Waals surface area contributed by atoms with Gasteiger partial charge in [-0.2, -0.15) is 0 Å². The molecule has 0 spiro atoms. The number of fused-ring (bicyclic) bond motifs is 1. The van der Waals surface area contributed by atoms with E-state index in [1.165, 1.54) is 17.5 Å². The van der Waals surface area contributed by atoms with Gasteiger partial charge in [0, 0.05) is 47.5 Å². The molecule has 0 bridgehead atoms. The minimum atomic E-state index is -1.08. The average molecular weight is 422 g/mol. The molecule has 0 aliphatic rings. The molecular weight excluding hydrogens is 410 g/mol. The van der Waals surface area contributed by atoms with Gasteiger partial charge in [-0.1, -0.05) is 11.3 Å². The third-order valence-corrected chi connectivity index (χ3v) is 5.69. The van der Waals surface area contributed by atoms with Crippen LogP contribution in [0.2, 0.25) is 0 Å². The van der Waals surface area contributed by atoms with Crippen molar-refractivity contribution >= 4 is 33.8 Å². The summed E-state index contributed by atoms with van der Waals surface area (Å²) in [6.07, 6.45) is 9.79. The summed E-state index contributed by atoms with van der Waals surface area (Å²) in [7, 11) is 0. The average Bonchev–Trinajstić information content (AvgIpc) is 3.50. The van der Waals surface area contributed by atoms with Crippen molar-refractivity contribution in [2.45, 2.75) is 0 Å². The Hall–Kier alpha value is -3.92. The highest BCUT2D eigenvalue weighted by Gasteiger charge is 2.24. The monoisotopic (exact) mass is 422 g/mol. The van der Waals surface area contributed by atoms with Crippen molar-refractivity contribution in [2.75, 3.05) is 5.73 Å².